The second kappa shape index (κ2) is 5.62. The van der Waals surface area contributed by atoms with E-state index in [0.717, 1.165) is 24.0 Å². The fraction of sp³-hybridized carbons (Fsp3) is 0.571. The second-order valence-corrected chi connectivity index (χ2v) is 6.03. The van der Waals surface area contributed by atoms with Gasteiger partial charge in [0.2, 0.25) is 0 Å². The number of carbonyl (C=O) groups is 1. The highest BCUT2D eigenvalue weighted by molar-refractivity contribution is 7.19. The lowest BCUT2D eigenvalue weighted by atomic mass is 9.85. The van der Waals surface area contributed by atoms with Crippen LogP contribution in [0.1, 0.15) is 48.3 Å². The summed E-state index contributed by atoms with van der Waals surface area (Å²) in [6.45, 7) is 5.36. The number of hydrogen-bond donors (Lipinski definition) is 1. The Morgan fingerprint density at radius 1 is 1.58 bits per heavy atom. The molecule has 0 unspecified atom stereocenters. The van der Waals surface area contributed by atoms with Crippen molar-refractivity contribution in [1.29, 1.82) is 5.26 Å². The highest BCUT2D eigenvalue weighted by Crippen LogP contribution is 2.39. The predicted molar refractivity (Wildman–Crippen MR) is 78.7 cm³/mol. The van der Waals surface area contributed by atoms with Gasteiger partial charge in [-0.25, -0.2) is 0 Å². The van der Waals surface area contributed by atoms with Gasteiger partial charge in [-0.05, 0) is 25.7 Å². The summed E-state index contributed by atoms with van der Waals surface area (Å²) in [5.41, 5.74) is 6.74. The molecule has 19 heavy (non-hydrogen) atoms. The number of hydrogen-bond acceptors (Lipinski definition) is 5. The summed E-state index contributed by atoms with van der Waals surface area (Å²) in [5.74, 6) is 0.653. The van der Waals surface area contributed by atoms with E-state index < -0.39 is 0 Å². The van der Waals surface area contributed by atoms with Gasteiger partial charge in [0.15, 0.2) is 5.78 Å². The van der Waals surface area contributed by atoms with Crippen molar-refractivity contribution in [2.45, 2.75) is 33.1 Å². The topological polar surface area (TPSA) is 70.1 Å². The summed E-state index contributed by atoms with van der Waals surface area (Å²) in [7, 11) is 0. The first-order valence-electron chi connectivity index (χ1n) is 6.66. The molecule has 5 heteroatoms. The van der Waals surface area contributed by atoms with Crippen molar-refractivity contribution >= 4 is 27.8 Å². The Kier molecular flexibility index (Phi) is 4.11. The predicted octanol–water partition coefficient (Wildman–Crippen LogP) is 3.03. The maximum absolute atomic E-state index is 11.6. The van der Waals surface area contributed by atoms with Crippen molar-refractivity contribution in [3.63, 3.8) is 0 Å². The zero-order valence-electron chi connectivity index (χ0n) is 11.4. The standard InChI is InChI=1S/C14H19N3OS/c1-3-17(8-10-5-4-6-10)14-11(7-15)12(16)13(19-14)9(2)18/h10H,3-6,8,16H2,1-2H3. The zero-order chi connectivity index (χ0) is 14.0. The third kappa shape index (κ3) is 2.59. The van der Waals surface area contributed by atoms with Crippen LogP contribution in [-0.4, -0.2) is 18.9 Å². The Morgan fingerprint density at radius 3 is 2.68 bits per heavy atom. The normalized spacial score (nSPS) is 14.8. The molecule has 1 saturated carbocycles. The highest BCUT2D eigenvalue weighted by Gasteiger charge is 2.25. The minimum absolute atomic E-state index is 0.0649. The Balaban J connectivity index is 2.33. The maximum atomic E-state index is 11.6. The van der Waals surface area contributed by atoms with Gasteiger partial charge in [0.05, 0.1) is 10.6 Å². The van der Waals surface area contributed by atoms with Gasteiger partial charge < -0.3 is 10.6 Å². The first-order valence-corrected chi connectivity index (χ1v) is 7.48. The molecule has 2 N–H and O–H groups in total. The summed E-state index contributed by atoms with van der Waals surface area (Å²) >= 11 is 1.36. The molecule has 102 valence electrons. The summed E-state index contributed by atoms with van der Waals surface area (Å²) in [6, 6.07) is 2.15. The molecule has 0 aliphatic heterocycles. The molecule has 1 aromatic heterocycles. The first kappa shape index (κ1) is 13.9. The fourth-order valence-corrected chi connectivity index (χ4v) is 3.51. The summed E-state index contributed by atoms with van der Waals surface area (Å²) in [5, 5.41) is 10.1. The maximum Gasteiger partial charge on any atom is 0.171 e. The lowest BCUT2D eigenvalue weighted by Crippen LogP contribution is -2.32. The van der Waals surface area contributed by atoms with Crippen LogP contribution in [0.5, 0.6) is 0 Å². The van der Waals surface area contributed by atoms with Crippen LogP contribution >= 0.6 is 11.3 Å². The minimum Gasteiger partial charge on any atom is -0.396 e. The van der Waals surface area contributed by atoms with Gasteiger partial charge in [-0.3, -0.25) is 4.79 Å². The molecular weight excluding hydrogens is 258 g/mol. The number of carbonyl (C=O) groups excluding carboxylic acids is 1. The first-order chi connectivity index (χ1) is 9.08. The van der Waals surface area contributed by atoms with E-state index in [9.17, 15) is 10.1 Å². The number of nitrogens with zero attached hydrogens (tertiary/aromatic N) is 2. The summed E-state index contributed by atoms with van der Waals surface area (Å²) < 4.78 is 0. The lowest BCUT2D eigenvalue weighted by molar-refractivity contribution is 0.102. The third-order valence-corrected chi connectivity index (χ3v) is 5.10. The van der Waals surface area contributed by atoms with E-state index in [-0.39, 0.29) is 5.78 Å². The van der Waals surface area contributed by atoms with Crippen LogP contribution in [0.2, 0.25) is 0 Å². The van der Waals surface area contributed by atoms with Crippen LogP contribution in [-0.2, 0) is 0 Å². The van der Waals surface area contributed by atoms with Gasteiger partial charge in [0.25, 0.3) is 0 Å². The molecule has 4 nitrogen and oxygen atoms in total. The lowest BCUT2D eigenvalue weighted by Gasteiger charge is -2.32. The van der Waals surface area contributed by atoms with E-state index >= 15 is 0 Å². The SMILES string of the molecule is CCN(CC1CCC1)c1sc(C(C)=O)c(N)c1C#N. The number of ketones is 1. The van der Waals surface area contributed by atoms with Crippen LogP contribution in [0.15, 0.2) is 0 Å². The van der Waals surface area contributed by atoms with E-state index in [1.165, 1.54) is 37.5 Å². The number of anilines is 2. The van der Waals surface area contributed by atoms with Gasteiger partial charge in [0.1, 0.15) is 16.6 Å². The molecule has 1 fully saturated rings. The van der Waals surface area contributed by atoms with Gasteiger partial charge in [0, 0.05) is 20.0 Å². The number of Topliss-reactive ketones (excluding diaryl/α,β-unsaturated/α-hetero) is 1. The Morgan fingerprint density at radius 2 is 2.26 bits per heavy atom. The zero-order valence-corrected chi connectivity index (χ0v) is 12.2. The van der Waals surface area contributed by atoms with Crippen molar-refractivity contribution in [3.8, 4) is 6.07 Å². The number of rotatable bonds is 5. The van der Waals surface area contributed by atoms with Crippen LogP contribution in [0.25, 0.3) is 0 Å². The van der Waals surface area contributed by atoms with Crippen LogP contribution < -0.4 is 10.6 Å². The quantitative estimate of drug-likeness (QED) is 0.840. The third-order valence-electron chi connectivity index (χ3n) is 3.73. The van der Waals surface area contributed by atoms with Crippen LogP contribution in [0.3, 0.4) is 0 Å². The number of thiophene rings is 1. The molecule has 2 rings (SSSR count). The van der Waals surface area contributed by atoms with Crippen LogP contribution in [0.4, 0.5) is 10.7 Å². The molecule has 1 heterocycles. The smallest absolute Gasteiger partial charge is 0.171 e. The average molecular weight is 277 g/mol. The molecule has 1 aromatic rings. The van der Waals surface area contributed by atoms with Gasteiger partial charge in [-0.15, -0.1) is 11.3 Å². The Hall–Kier alpha value is -1.54. The molecule has 0 amide bonds. The van der Waals surface area contributed by atoms with Gasteiger partial charge >= 0.3 is 0 Å². The van der Waals surface area contributed by atoms with Crippen molar-refractivity contribution in [2.24, 2.45) is 5.92 Å². The van der Waals surface area contributed by atoms with E-state index in [1.807, 2.05) is 0 Å². The molecule has 1 aliphatic carbocycles. The van der Waals surface area contributed by atoms with E-state index in [2.05, 4.69) is 17.9 Å². The molecule has 1 aliphatic rings. The molecule has 0 bridgehead atoms. The van der Waals surface area contributed by atoms with Crippen molar-refractivity contribution < 1.29 is 4.79 Å². The monoisotopic (exact) mass is 277 g/mol. The molecule has 0 saturated heterocycles. The van der Waals surface area contributed by atoms with Crippen molar-refractivity contribution in [2.75, 3.05) is 23.7 Å². The second-order valence-electron chi connectivity index (χ2n) is 5.03. The molecule has 0 aromatic carbocycles. The van der Waals surface area contributed by atoms with Crippen molar-refractivity contribution in [3.05, 3.63) is 10.4 Å². The van der Waals surface area contributed by atoms with Gasteiger partial charge in [-0.2, -0.15) is 5.26 Å². The molecule has 0 radical (unpaired) electrons. The minimum atomic E-state index is -0.0649. The van der Waals surface area contributed by atoms with Gasteiger partial charge in [-0.1, -0.05) is 6.42 Å². The van der Waals surface area contributed by atoms with E-state index in [4.69, 9.17) is 5.73 Å². The van der Waals surface area contributed by atoms with Crippen molar-refractivity contribution in [1.82, 2.24) is 0 Å². The highest BCUT2D eigenvalue weighted by atomic mass is 32.1. The van der Waals surface area contributed by atoms with E-state index in [0.29, 0.717) is 16.1 Å². The number of nitriles is 1. The number of nitrogen functional groups attached to an aromatic ring is 1. The molecule has 0 atom stereocenters. The average Bonchev–Trinajstić information content (AvgIpc) is 2.65. The number of nitrogens with two attached hydrogens (primary N) is 1. The van der Waals surface area contributed by atoms with E-state index in [1.54, 1.807) is 0 Å². The largest absolute Gasteiger partial charge is 0.396 e. The van der Waals surface area contributed by atoms with Crippen LogP contribution in [0, 0.1) is 17.2 Å². The summed E-state index contributed by atoms with van der Waals surface area (Å²) in [4.78, 5) is 14.3. The molecule has 0 spiro atoms. The summed E-state index contributed by atoms with van der Waals surface area (Å²) in [6.07, 6.45) is 3.83. The Labute approximate surface area is 117 Å². The fourth-order valence-electron chi connectivity index (χ4n) is 2.37. The molecular formula is C14H19N3OS. The Bertz CT molecular complexity index is 526.